The number of anilines is 1. The van der Waals surface area contributed by atoms with Gasteiger partial charge in [-0.15, -0.1) is 10.2 Å². The first-order chi connectivity index (χ1) is 11.8. The summed E-state index contributed by atoms with van der Waals surface area (Å²) in [4.78, 5) is 12.1. The predicted molar refractivity (Wildman–Crippen MR) is 87.6 cm³/mol. The van der Waals surface area contributed by atoms with Gasteiger partial charge in [0.25, 0.3) is 0 Å². The number of carbonyl (C=O) groups excluding carboxylic acids is 1. The van der Waals surface area contributed by atoms with Crippen LogP contribution in [0.15, 0.2) is 29.7 Å². The summed E-state index contributed by atoms with van der Waals surface area (Å²) in [5, 5.41) is 10.5. The number of halogens is 3. The third-order valence-electron chi connectivity index (χ3n) is 3.04. The number of nitrogens with one attached hydrogen (secondary N) is 1. The van der Waals surface area contributed by atoms with Crippen LogP contribution in [0.2, 0.25) is 0 Å². The van der Waals surface area contributed by atoms with E-state index in [0.717, 1.165) is 23.9 Å². The van der Waals surface area contributed by atoms with Crippen molar-refractivity contribution < 1.29 is 22.7 Å². The van der Waals surface area contributed by atoms with Crippen molar-refractivity contribution in [1.29, 1.82) is 0 Å². The van der Waals surface area contributed by atoms with Crippen LogP contribution in [0, 0.1) is 0 Å². The van der Waals surface area contributed by atoms with Gasteiger partial charge in [0.1, 0.15) is 12.1 Å². The normalized spacial score (nSPS) is 11.4. The molecular weight excluding hydrogens is 357 g/mol. The number of hydrogen-bond acceptors (Lipinski definition) is 5. The Balaban J connectivity index is 2.11. The first-order valence-corrected chi connectivity index (χ1v) is 8.40. The smallest absolute Gasteiger partial charge is 0.416 e. The molecule has 0 bridgehead atoms. The van der Waals surface area contributed by atoms with E-state index in [0.29, 0.717) is 18.2 Å². The second-order valence-corrected chi connectivity index (χ2v) is 6.06. The van der Waals surface area contributed by atoms with Crippen molar-refractivity contribution in [2.75, 3.05) is 17.7 Å². The Morgan fingerprint density at radius 1 is 1.40 bits per heavy atom. The standard InChI is InChI=1S/C15H17F3N4O2S/c1-3-6-24-12-5-4-10(15(16,17)18)7-11(12)20-13(23)8-25-14-21-19-9-22(14)2/h4-5,7,9H,3,6,8H2,1-2H3,(H,20,23). The number of rotatable bonds is 7. The maximum Gasteiger partial charge on any atom is 0.416 e. The van der Waals surface area contributed by atoms with Gasteiger partial charge in [0.05, 0.1) is 23.6 Å². The van der Waals surface area contributed by atoms with Gasteiger partial charge in [-0.25, -0.2) is 0 Å². The molecule has 25 heavy (non-hydrogen) atoms. The van der Waals surface area contributed by atoms with E-state index in [1.807, 2.05) is 6.92 Å². The summed E-state index contributed by atoms with van der Waals surface area (Å²) in [5.41, 5.74) is -0.862. The lowest BCUT2D eigenvalue weighted by Gasteiger charge is -2.15. The quantitative estimate of drug-likeness (QED) is 0.753. The minimum absolute atomic E-state index is 0.00756. The average molecular weight is 374 g/mol. The molecule has 1 N–H and O–H groups in total. The molecule has 136 valence electrons. The number of aromatic nitrogens is 3. The maximum absolute atomic E-state index is 12.9. The molecule has 0 aliphatic carbocycles. The second-order valence-electron chi connectivity index (χ2n) is 5.12. The van der Waals surface area contributed by atoms with Gasteiger partial charge in [-0.2, -0.15) is 13.2 Å². The molecule has 0 saturated heterocycles. The first kappa shape index (κ1) is 19.1. The Hall–Kier alpha value is -2.23. The summed E-state index contributed by atoms with van der Waals surface area (Å²) in [6.45, 7) is 2.21. The predicted octanol–water partition coefficient (Wildman–Crippen LogP) is 3.35. The van der Waals surface area contributed by atoms with Crippen LogP contribution < -0.4 is 10.1 Å². The molecule has 0 fully saturated rings. The SMILES string of the molecule is CCCOc1ccc(C(F)(F)F)cc1NC(=O)CSc1nncn1C. The van der Waals surface area contributed by atoms with E-state index < -0.39 is 17.6 Å². The summed E-state index contributed by atoms with van der Waals surface area (Å²) >= 11 is 1.13. The third kappa shape index (κ3) is 5.38. The summed E-state index contributed by atoms with van der Waals surface area (Å²) < 4.78 is 45.7. The molecule has 6 nitrogen and oxygen atoms in total. The number of amides is 1. The molecule has 1 heterocycles. The van der Waals surface area contributed by atoms with Gasteiger partial charge in [-0.1, -0.05) is 18.7 Å². The fourth-order valence-corrected chi connectivity index (χ4v) is 2.55. The highest BCUT2D eigenvalue weighted by Gasteiger charge is 2.31. The van der Waals surface area contributed by atoms with Crippen LogP contribution >= 0.6 is 11.8 Å². The van der Waals surface area contributed by atoms with Gasteiger partial charge in [-0.3, -0.25) is 4.79 Å². The van der Waals surface area contributed by atoms with Crippen molar-refractivity contribution >= 4 is 23.4 Å². The molecular formula is C15H17F3N4O2S. The van der Waals surface area contributed by atoms with Crippen molar-refractivity contribution in [2.24, 2.45) is 7.05 Å². The van der Waals surface area contributed by atoms with Crippen LogP contribution in [0.4, 0.5) is 18.9 Å². The Kier molecular flexibility index (Phi) is 6.29. The fraction of sp³-hybridized carbons (Fsp3) is 0.400. The molecule has 0 spiro atoms. The second kappa shape index (κ2) is 8.24. The molecule has 1 aromatic heterocycles. The van der Waals surface area contributed by atoms with E-state index in [9.17, 15) is 18.0 Å². The molecule has 0 aliphatic heterocycles. The van der Waals surface area contributed by atoms with Gasteiger partial charge in [-0.05, 0) is 24.6 Å². The number of carbonyl (C=O) groups is 1. The van der Waals surface area contributed by atoms with E-state index in [1.165, 1.54) is 12.4 Å². The minimum atomic E-state index is -4.50. The molecule has 10 heteroatoms. The van der Waals surface area contributed by atoms with Crippen molar-refractivity contribution in [3.8, 4) is 5.75 Å². The summed E-state index contributed by atoms with van der Waals surface area (Å²) in [5.74, 6) is -0.281. The van der Waals surface area contributed by atoms with E-state index >= 15 is 0 Å². The number of thioether (sulfide) groups is 1. The number of alkyl halides is 3. The molecule has 0 radical (unpaired) electrons. The summed E-state index contributed by atoms with van der Waals surface area (Å²) in [7, 11) is 1.73. The topological polar surface area (TPSA) is 69.0 Å². The summed E-state index contributed by atoms with van der Waals surface area (Å²) in [6.07, 6.45) is -2.32. The zero-order valence-electron chi connectivity index (χ0n) is 13.6. The molecule has 0 saturated carbocycles. The van der Waals surface area contributed by atoms with Crippen molar-refractivity contribution in [3.05, 3.63) is 30.1 Å². The molecule has 0 aliphatic rings. The van der Waals surface area contributed by atoms with Crippen LogP contribution in [0.25, 0.3) is 0 Å². The lowest BCUT2D eigenvalue weighted by molar-refractivity contribution is -0.137. The van der Waals surface area contributed by atoms with Crippen LogP contribution in [0.3, 0.4) is 0 Å². The Labute approximate surface area is 146 Å². The highest BCUT2D eigenvalue weighted by molar-refractivity contribution is 7.99. The molecule has 2 rings (SSSR count). The molecule has 0 atom stereocenters. The maximum atomic E-state index is 12.9. The number of nitrogens with zero attached hydrogens (tertiary/aromatic N) is 3. The van der Waals surface area contributed by atoms with E-state index in [1.54, 1.807) is 11.6 Å². The van der Waals surface area contributed by atoms with Crippen LogP contribution in [-0.2, 0) is 18.0 Å². The largest absolute Gasteiger partial charge is 0.491 e. The van der Waals surface area contributed by atoms with E-state index in [-0.39, 0.29) is 17.2 Å². The Morgan fingerprint density at radius 2 is 2.16 bits per heavy atom. The van der Waals surface area contributed by atoms with Crippen molar-refractivity contribution in [3.63, 3.8) is 0 Å². The number of aryl methyl sites for hydroxylation is 1. The van der Waals surface area contributed by atoms with Gasteiger partial charge >= 0.3 is 6.18 Å². The third-order valence-corrected chi connectivity index (χ3v) is 4.08. The highest BCUT2D eigenvalue weighted by Crippen LogP contribution is 2.35. The van der Waals surface area contributed by atoms with Gasteiger partial charge in [0.15, 0.2) is 5.16 Å². The van der Waals surface area contributed by atoms with E-state index in [2.05, 4.69) is 15.5 Å². The van der Waals surface area contributed by atoms with Crippen LogP contribution in [0.5, 0.6) is 5.75 Å². The molecule has 0 unspecified atom stereocenters. The van der Waals surface area contributed by atoms with E-state index in [4.69, 9.17) is 4.74 Å². The van der Waals surface area contributed by atoms with Crippen molar-refractivity contribution in [1.82, 2.24) is 14.8 Å². The lowest BCUT2D eigenvalue weighted by Crippen LogP contribution is -2.16. The average Bonchev–Trinajstić information content (AvgIpc) is 2.96. The first-order valence-electron chi connectivity index (χ1n) is 7.42. The van der Waals surface area contributed by atoms with Gasteiger partial charge in [0, 0.05) is 7.05 Å². The summed E-state index contributed by atoms with van der Waals surface area (Å²) in [6, 6.07) is 3.01. The fourth-order valence-electron chi connectivity index (χ4n) is 1.86. The minimum Gasteiger partial charge on any atom is -0.491 e. The van der Waals surface area contributed by atoms with Crippen LogP contribution in [-0.4, -0.2) is 33.0 Å². The lowest BCUT2D eigenvalue weighted by atomic mass is 10.1. The van der Waals surface area contributed by atoms with Gasteiger partial charge in [0.2, 0.25) is 5.91 Å². The Morgan fingerprint density at radius 3 is 2.76 bits per heavy atom. The zero-order chi connectivity index (χ0) is 18.4. The number of ether oxygens (including phenoxy) is 1. The van der Waals surface area contributed by atoms with Gasteiger partial charge < -0.3 is 14.6 Å². The number of benzene rings is 1. The number of hydrogen-bond donors (Lipinski definition) is 1. The zero-order valence-corrected chi connectivity index (χ0v) is 14.4. The van der Waals surface area contributed by atoms with Crippen LogP contribution in [0.1, 0.15) is 18.9 Å². The highest BCUT2D eigenvalue weighted by atomic mass is 32.2. The monoisotopic (exact) mass is 374 g/mol. The Bertz CT molecular complexity index is 734. The molecule has 2 aromatic rings. The van der Waals surface area contributed by atoms with Crippen molar-refractivity contribution in [2.45, 2.75) is 24.7 Å². The molecule has 1 aromatic carbocycles. The molecule has 1 amide bonds.